The zero-order chi connectivity index (χ0) is 12.5. The van der Waals surface area contributed by atoms with Gasteiger partial charge in [0.2, 0.25) is 0 Å². The molecule has 8 nitrogen and oxygen atoms in total. The minimum absolute atomic E-state index is 0.614. The first-order valence-corrected chi connectivity index (χ1v) is 5.49. The molecule has 0 atom stereocenters. The van der Waals surface area contributed by atoms with E-state index in [0.717, 1.165) is 17.1 Å². The standard InChI is InChI=1S/C10H12N8/c1-7-8(6-17(2)14-7)3-12-9-4-11-5-10-13-15-16-18(9)10/h4-6,12H,3H2,1-2H3. The predicted molar refractivity (Wildman–Crippen MR) is 63.8 cm³/mol. The Bertz CT molecular complexity index is 682. The van der Waals surface area contributed by atoms with Gasteiger partial charge in [-0.05, 0) is 17.4 Å². The van der Waals surface area contributed by atoms with E-state index in [4.69, 9.17) is 0 Å². The van der Waals surface area contributed by atoms with Crippen molar-refractivity contribution in [1.29, 1.82) is 0 Å². The third-order valence-electron chi connectivity index (χ3n) is 2.68. The molecule has 0 aliphatic carbocycles. The Kier molecular flexibility index (Phi) is 2.40. The van der Waals surface area contributed by atoms with Gasteiger partial charge in [0.25, 0.3) is 0 Å². The van der Waals surface area contributed by atoms with Crippen LogP contribution in [0.25, 0.3) is 5.65 Å². The second-order valence-corrected chi connectivity index (χ2v) is 4.01. The molecule has 0 radical (unpaired) electrons. The van der Waals surface area contributed by atoms with Gasteiger partial charge < -0.3 is 5.32 Å². The first kappa shape index (κ1) is 10.6. The van der Waals surface area contributed by atoms with Gasteiger partial charge in [0.05, 0.1) is 18.1 Å². The Hall–Kier alpha value is -2.51. The minimum Gasteiger partial charge on any atom is -0.364 e. The predicted octanol–water partition coefficient (Wildman–Crippen LogP) is 0.173. The largest absolute Gasteiger partial charge is 0.364 e. The quantitative estimate of drug-likeness (QED) is 0.707. The lowest BCUT2D eigenvalue weighted by Gasteiger charge is -2.05. The maximum Gasteiger partial charge on any atom is 0.199 e. The van der Waals surface area contributed by atoms with Crippen molar-refractivity contribution in [3.63, 3.8) is 0 Å². The van der Waals surface area contributed by atoms with Crippen LogP contribution in [0.1, 0.15) is 11.3 Å². The smallest absolute Gasteiger partial charge is 0.199 e. The van der Waals surface area contributed by atoms with Crippen LogP contribution < -0.4 is 5.32 Å². The number of aryl methyl sites for hydroxylation is 2. The van der Waals surface area contributed by atoms with Crippen molar-refractivity contribution in [1.82, 2.24) is 34.8 Å². The molecule has 3 rings (SSSR count). The van der Waals surface area contributed by atoms with Crippen LogP contribution >= 0.6 is 0 Å². The van der Waals surface area contributed by atoms with Crippen LogP contribution in [0.4, 0.5) is 5.82 Å². The molecule has 0 aromatic carbocycles. The number of fused-ring (bicyclic) bond motifs is 1. The van der Waals surface area contributed by atoms with Gasteiger partial charge in [-0.2, -0.15) is 9.61 Å². The highest BCUT2D eigenvalue weighted by molar-refractivity contribution is 5.44. The van der Waals surface area contributed by atoms with Crippen molar-refractivity contribution in [3.8, 4) is 0 Å². The molecule has 1 N–H and O–H groups in total. The maximum atomic E-state index is 4.29. The van der Waals surface area contributed by atoms with Gasteiger partial charge in [-0.15, -0.1) is 5.10 Å². The summed E-state index contributed by atoms with van der Waals surface area (Å²) < 4.78 is 3.40. The highest BCUT2D eigenvalue weighted by atomic mass is 15.5. The van der Waals surface area contributed by atoms with E-state index >= 15 is 0 Å². The molecule has 3 aromatic heterocycles. The topological polar surface area (TPSA) is 85.8 Å². The van der Waals surface area contributed by atoms with Gasteiger partial charge in [0.1, 0.15) is 0 Å². The van der Waals surface area contributed by atoms with Crippen molar-refractivity contribution in [2.45, 2.75) is 13.5 Å². The van der Waals surface area contributed by atoms with Gasteiger partial charge in [-0.25, -0.2) is 0 Å². The third-order valence-corrected chi connectivity index (χ3v) is 2.68. The molecule has 0 bridgehead atoms. The van der Waals surface area contributed by atoms with Crippen LogP contribution in [0.15, 0.2) is 18.6 Å². The molecule has 3 heterocycles. The molecule has 92 valence electrons. The molecule has 0 aliphatic heterocycles. The van der Waals surface area contributed by atoms with Crippen LogP contribution in [-0.2, 0) is 13.6 Å². The van der Waals surface area contributed by atoms with Crippen LogP contribution in [0.3, 0.4) is 0 Å². The van der Waals surface area contributed by atoms with Crippen LogP contribution in [-0.4, -0.2) is 34.8 Å². The number of rotatable bonds is 3. The summed E-state index contributed by atoms with van der Waals surface area (Å²) in [4.78, 5) is 4.08. The molecule has 0 saturated heterocycles. The lowest BCUT2D eigenvalue weighted by molar-refractivity contribution is 0.756. The molecule has 0 amide bonds. The van der Waals surface area contributed by atoms with E-state index in [0.29, 0.717) is 12.2 Å². The number of hydrogen-bond donors (Lipinski definition) is 1. The van der Waals surface area contributed by atoms with Gasteiger partial charge >= 0.3 is 0 Å². The van der Waals surface area contributed by atoms with Crippen LogP contribution in [0.2, 0.25) is 0 Å². The third kappa shape index (κ3) is 1.77. The number of hydrogen-bond acceptors (Lipinski definition) is 6. The summed E-state index contributed by atoms with van der Waals surface area (Å²) in [5, 5.41) is 18.9. The van der Waals surface area contributed by atoms with Gasteiger partial charge in [0, 0.05) is 25.4 Å². The van der Waals surface area contributed by atoms with Crippen LogP contribution in [0.5, 0.6) is 0 Å². The van der Waals surface area contributed by atoms with Crippen molar-refractivity contribution >= 4 is 11.5 Å². The maximum absolute atomic E-state index is 4.29. The van der Waals surface area contributed by atoms with Crippen LogP contribution in [0, 0.1) is 6.92 Å². The van der Waals surface area contributed by atoms with E-state index in [2.05, 4.69) is 30.9 Å². The molecule has 8 heteroatoms. The fourth-order valence-corrected chi connectivity index (χ4v) is 1.80. The average molecular weight is 244 g/mol. The van der Waals surface area contributed by atoms with E-state index in [9.17, 15) is 0 Å². The Morgan fingerprint density at radius 3 is 3.00 bits per heavy atom. The second kappa shape index (κ2) is 4.06. The van der Waals surface area contributed by atoms with E-state index in [1.807, 2.05) is 20.2 Å². The minimum atomic E-state index is 0.614. The highest BCUT2D eigenvalue weighted by Gasteiger charge is 2.06. The van der Waals surface area contributed by atoms with Crippen molar-refractivity contribution in [2.75, 3.05) is 5.32 Å². The monoisotopic (exact) mass is 244 g/mol. The Morgan fingerprint density at radius 2 is 2.22 bits per heavy atom. The van der Waals surface area contributed by atoms with Crippen molar-refractivity contribution in [3.05, 3.63) is 29.8 Å². The van der Waals surface area contributed by atoms with E-state index in [-0.39, 0.29) is 0 Å². The van der Waals surface area contributed by atoms with Crippen molar-refractivity contribution < 1.29 is 0 Å². The molecule has 0 saturated carbocycles. The van der Waals surface area contributed by atoms with E-state index in [1.54, 1.807) is 21.6 Å². The summed E-state index contributed by atoms with van der Waals surface area (Å²) in [5.41, 5.74) is 2.74. The summed E-state index contributed by atoms with van der Waals surface area (Å²) in [6.45, 7) is 2.63. The highest BCUT2D eigenvalue weighted by Crippen LogP contribution is 2.10. The molecular formula is C10H12N8. The van der Waals surface area contributed by atoms with E-state index < -0.39 is 0 Å². The molecule has 0 spiro atoms. The summed E-state index contributed by atoms with van der Waals surface area (Å²) in [6.07, 6.45) is 5.28. The Morgan fingerprint density at radius 1 is 1.33 bits per heavy atom. The zero-order valence-electron chi connectivity index (χ0n) is 10.1. The summed E-state index contributed by atoms with van der Waals surface area (Å²) in [7, 11) is 1.90. The fraction of sp³-hybridized carbons (Fsp3) is 0.300. The summed E-state index contributed by atoms with van der Waals surface area (Å²) in [6, 6.07) is 0. The molecule has 0 aliphatic rings. The Labute approximate surface area is 103 Å². The SMILES string of the molecule is Cc1nn(C)cc1CNc1cncc2nnnn12. The number of nitrogens with zero attached hydrogens (tertiary/aromatic N) is 7. The summed E-state index contributed by atoms with van der Waals surface area (Å²) in [5.74, 6) is 0.751. The van der Waals surface area contributed by atoms with Gasteiger partial charge in [-0.3, -0.25) is 9.67 Å². The summed E-state index contributed by atoms with van der Waals surface area (Å²) >= 11 is 0. The first-order chi connectivity index (χ1) is 8.74. The average Bonchev–Trinajstić information content (AvgIpc) is 2.93. The second-order valence-electron chi connectivity index (χ2n) is 4.01. The molecule has 18 heavy (non-hydrogen) atoms. The first-order valence-electron chi connectivity index (χ1n) is 5.49. The number of aromatic nitrogens is 7. The molecule has 3 aromatic rings. The van der Waals surface area contributed by atoms with Gasteiger partial charge in [-0.1, -0.05) is 0 Å². The zero-order valence-corrected chi connectivity index (χ0v) is 10.1. The number of anilines is 1. The van der Waals surface area contributed by atoms with Crippen molar-refractivity contribution in [2.24, 2.45) is 7.05 Å². The molecule has 0 fully saturated rings. The Balaban J connectivity index is 1.85. The molecular weight excluding hydrogens is 232 g/mol. The van der Waals surface area contributed by atoms with E-state index in [1.165, 1.54) is 0 Å². The van der Waals surface area contributed by atoms with Gasteiger partial charge in [0.15, 0.2) is 11.5 Å². The fourth-order valence-electron chi connectivity index (χ4n) is 1.80. The number of nitrogens with one attached hydrogen (secondary N) is 1. The lowest BCUT2D eigenvalue weighted by Crippen LogP contribution is -2.06. The lowest BCUT2D eigenvalue weighted by atomic mass is 10.2. The molecule has 0 unspecified atom stereocenters. The number of tetrazole rings is 1. The normalized spacial score (nSPS) is 11.0.